The van der Waals surface area contributed by atoms with Crippen LogP contribution in [0.3, 0.4) is 0 Å². The van der Waals surface area contributed by atoms with Gasteiger partial charge in [0.25, 0.3) is 0 Å². The first kappa shape index (κ1) is 13.9. The maximum Gasteiger partial charge on any atom is 0.242 e. The molecule has 1 heterocycles. The van der Waals surface area contributed by atoms with Crippen LogP contribution in [0.15, 0.2) is 29.3 Å². The lowest BCUT2D eigenvalue weighted by Gasteiger charge is -2.10. The van der Waals surface area contributed by atoms with E-state index in [0.29, 0.717) is 23.5 Å². The Bertz CT molecular complexity index is 676. The number of hydrogen-bond donors (Lipinski definition) is 3. The van der Waals surface area contributed by atoms with Gasteiger partial charge in [-0.3, -0.25) is 0 Å². The minimum Gasteiger partial charge on any atom is -0.399 e. The number of aromatic amines is 1. The zero-order chi connectivity index (χ0) is 14.0. The van der Waals surface area contributed by atoms with Gasteiger partial charge < -0.3 is 10.7 Å². The van der Waals surface area contributed by atoms with Crippen LogP contribution in [0.25, 0.3) is 10.9 Å². The van der Waals surface area contributed by atoms with Gasteiger partial charge in [0.15, 0.2) is 0 Å². The molecule has 0 aliphatic rings. The van der Waals surface area contributed by atoms with Crippen LogP contribution in [0.2, 0.25) is 0 Å². The molecule has 0 radical (unpaired) electrons. The van der Waals surface area contributed by atoms with Crippen LogP contribution in [-0.2, 0) is 10.0 Å². The molecule has 1 aromatic carbocycles. The summed E-state index contributed by atoms with van der Waals surface area (Å²) in [5.41, 5.74) is 7.02. The number of anilines is 1. The topological polar surface area (TPSA) is 88.0 Å². The fraction of sp³-hybridized carbons (Fsp3) is 0.385. The van der Waals surface area contributed by atoms with Crippen molar-refractivity contribution in [1.82, 2.24) is 9.71 Å². The molecule has 0 aliphatic carbocycles. The SMILES string of the molecule is CCC(C)CNS(=O)(=O)c1c[nH]c2ccc(N)cc12. The summed E-state index contributed by atoms with van der Waals surface area (Å²) in [7, 11) is -3.50. The van der Waals surface area contributed by atoms with Gasteiger partial charge in [-0.2, -0.15) is 0 Å². The number of benzene rings is 1. The monoisotopic (exact) mass is 281 g/mol. The number of rotatable bonds is 5. The molecule has 6 heteroatoms. The Balaban J connectivity index is 2.35. The molecule has 0 aliphatic heterocycles. The van der Waals surface area contributed by atoms with Crippen molar-refractivity contribution in [2.45, 2.75) is 25.2 Å². The van der Waals surface area contributed by atoms with Gasteiger partial charge in [0.2, 0.25) is 10.0 Å². The molecule has 1 atom stereocenters. The molecule has 0 fully saturated rings. The predicted molar refractivity (Wildman–Crippen MR) is 77.4 cm³/mol. The Kier molecular flexibility index (Phi) is 3.82. The number of nitrogen functional groups attached to an aromatic ring is 1. The van der Waals surface area contributed by atoms with E-state index in [9.17, 15) is 8.42 Å². The van der Waals surface area contributed by atoms with E-state index in [2.05, 4.69) is 9.71 Å². The molecule has 0 spiro atoms. The van der Waals surface area contributed by atoms with Crippen molar-refractivity contribution in [3.63, 3.8) is 0 Å². The summed E-state index contributed by atoms with van der Waals surface area (Å²) in [5.74, 6) is 0.310. The molecular formula is C13H19N3O2S. The molecular weight excluding hydrogens is 262 g/mol. The number of nitrogens with two attached hydrogens (primary N) is 1. The first-order valence-electron chi connectivity index (χ1n) is 6.30. The predicted octanol–water partition coefficient (Wildman–Crippen LogP) is 2.07. The van der Waals surface area contributed by atoms with E-state index in [-0.39, 0.29) is 4.90 Å². The summed E-state index contributed by atoms with van der Waals surface area (Å²) in [6.07, 6.45) is 2.44. The third-order valence-corrected chi connectivity index (χ3v) is 4.74. The minimum absolute atomic E-state index is 0.248. The summed E-state index contributed by atoms with van der Waals surface area (Å²) in [6.45, 7) is 4.48. The van der Waals surface area contributed by atoms with Crippen molar-refractivity contribution in [2.24, 2.45) is 5.92 Å². The van der Waals surface area contributed by atoms with Gasteiger partial charge in [-0.15, -0.1) is 0 Å². The number of nitrogens with one attached hydrogen (secondary N) is 2. The molecule has 19 heavy (non-hydrogen) atoms. The molecule has 0 amide bonds. The number of fused-ring (bicyclic) bond motifs is 1. The van der Waals surface area contributed by atoms with E-state index in [0.717, 1.165) is 11.9 Å². The van der Waals surface area contributed by atoms with Crippen molar-refractivity contribution in [1.29, 1.82) is 0 Å². The summed E-state index contributed by atoms with van der Waals surface area (Å²) in [6, 6.07) is 5.18. The summed E-state index contributed by atoms with van der Waals surface area (Å²) in [5, 5.41) is 0.622. The Morgan fingerprint density at radius 3 is 2.84 bits per heavy atom. The van der Waals surface area contributed by atoms with E-state index in [4.69, 9.17) is 5.73 Å². The zero-order valence-corrected chi connectivity index (χ0v) is 11.9. The third kappa shape index (κ3) is 2.90. The van der Waals surface area contributed by atoms with Crippen LogP contribution in [0, 0.1) is 5.92 Å². The Labute approximate surface area is 113 Å². The molecule has 2 rings (SSSR count). The van der Waals surface area contributed by atoms with E-state index in [1.165, 1.54) is 6.20 Å². The van der Waals surface area contributed by atoms with Crippen molar-refractivity contribution in [3.05, 3.63) is 24.4 Å². The molecule has 0 bridgehead atoms. The fourth-order valence-corrected chi connectivity index (χ4v) is 3.14. The number of aromatic nitrogens is 1. The average molecular weight is 281 g/mol. The smallest absolute Gasteiger partial charge is 0.242 e. The maximum absolute atomic E-state index is 12.3. The van der Waals surface area contributed by atoms with Gasteiger partial charge in [0.1, 0.15) is 4.90 Å². The molecule has 0 saturated heterocycles. The summed E-state index contributed by atoms with van der Waals surface area (Å²) < 4.78 is 27.2. The van der Waals surface area contributed by atoms with Gasteiger partial charge in [-0.25, -0.2) is 13.1 Å². The second-order valence-corrected chi connectivity index (χ2v) is 6.56. The lowest BCUT2D eigenvalue weighted by molar-refractivity contribution is 0.529. The van der Waals surface area contributed by atoms with Gasteiger partial charge in [0, 0.05) is 29.3 Å². The second kappa shape index (κ2) is 5.22. The number of H-pyrrole nitrogens is 1. The maximum atomic E-state index is 12.3. The lowest BCUT2D eigenvalue weighted by Crippen LogP contribution is -2.28. The first-order chi connectivity index (χ1) is 8.94. The van der Waals surface area contributed by atoms with Crippen molar-refractivity contribution in [3.8, 4) is 0 Å². The van der Waals surface area contributed by atoms with Crippen molar-refractivity contribution >= 4 is 26.6 Å². The fourth-order valence-electron chi connectivity index (χ4n) is 1.81. The molecule has 5 nitrogen and oxygen atoms in total. The van der Waals surface area contributed by atoms with Crippen molar-refractivity contribution in [2.75, 3.05) is 12.3 Å². The van der Waals surface area contributed by atoms with Gasteiger partial charge in [-0.1, -0.05) is 20.3 Å². The van der Waals surface area contributed by atoms with Crippen LogP contribution >= 0.6 is 0 Å². The van der Waals surface area contributed by atoms with E-state index in [1.54, 1.807) is 18.2 Å². The second-order valence-electron chi connectivity index (χ2n) is 4.82. The van der Waals surface area contributed by atoms with Crippen molar-refractivity contribution < 1.29 is 8.42 Å². The van der Waals surface area contributed by atoms with Crippen LogP contribution in [-0.4, -0.2) is 19.9 Å². The highest BCUT2D eigenvalue weighted by molar-refractivity contribution is 7.89. The Morgan fingerprint density at radius 2 is 2.16 bits per heavy atom. The molecule has 4 N–H and O–H groups in total. The normalized spacial score (nSPS) is 13.8. The number of hydrogen-bond acceptors (Lipinski definition) is 3. The highest BCUT2D eigenvalue weighted by atomic mass is 32.2. The molecule has 1 unspecified atom stereocenters. The molecule has 1 aromatic heterocycles. The first-order valence-corrected chi connectivity index (χ1v) is 7.78. The highest BCUT2D eigenvalue weighted by Crippen LogP contribution is 2.24. The minimum atomic E-state index is -3.50. The largest absolute Gasteiger partial charge is 0.399 e. The number of sulfonamides is 1. The molecule has 2 aromatic rings. The highest BCUT2D eigenvalue weighted by Gasteiger charge is 2.19. The van der Waals surface area contributed by atoms with Crippen LogP contribution in [0.4, 0.5) is 5.69 Å². The standard InChI is InChI=1S/C13H19N3O2S/c1-3-9(2)7-16-19(17,18)13-8-15-12-5-4-10(14)6-11(12)13/h4-6,8-9,15-16H,3,7,14H2,1-2H3. The average Bonchev–Trinajstić information content (AvgIpc) is 2.79. The Hall–Kier alpha value is -1.53. The zero-order valence-electron chi connectivity index (χ0n) is 11.1. The summed E-state index contributed by atoms with van der Waals surface area (Å²) in [4.78, 5) is 3.20. The lowest BCUT2D eigenvalue weighted by atomic mass is 10.1. The van der Waals surface area contributed by atoms with Gasteiger partial charge in [0.05, 0.1) is 0 Å². The van der Waals surface area contributed by atoms with Crippen LogP contribution < -0.4 is 10.5 Å². The van der Waals surface area contributed by atoms with Gasteiger partial charge in [-0.05, 0) is 24.1 Å². The van der Waals surface area contributed by atoms with Crippen LogP contribution in [0.5, 0.6) is 0 Å². The van der Waals surface area contributed by atoms with Crippen LogP contribution in [0.1, 0.15) is 20.3 Å². The summed E-state index contributed by atoms with van der Waals surface area (Å²) >= 11 is 0. The van der Waals surface area contributed by atoms with E-state index < -0.39 is 10.0 Å². The molecule has 104 valence electrons. The Morgan fingerprint density at radius 1 is 1.42 bits per heavy atom. The quantitative estimate of drug-likeness (QED) is 0.733. The molecule has 0 saturated carbocycles. The van der Waals surface area contributed by atoms with E-state index in [1.807, 2.05) is 13.8 Å². The van der Waals surface area contributed by atoms with E-state index >= 15 is 0 Å². The van der Waals surface area contributed by atoms with Gasteiger partial charge >= 0.3 is 0 Å². The third-order valence-electron chi connectivity index (χ3n) is 3.28.